The van der Waals surface area contributed by atoms with Crippen LogP contribution in [0.1, 0.15) is 0 Å². The average molecular weight is 502 g/mol. The van der Waals surface area contributed by atoms with Crippen molar-refractivity contribution in [2.75, 3.05) is 4.90 Å². The monoisotopic (exact) mass is 501 g/mol. The van der Waals surface area contributed by atoms with Crippen LogP contribution in [-0.4, -0.2) is 0 Å². The van der Waals surface area contributed by atoms with Crippen molar-refractivity contribution in [1.29, 1.82) is 0 Å². The van der Waals surface area contributed by atoms with Gasteiger partial charge in [0.15, 0.2) is 0 Å². The molecule has 0 atom stereocenters. The van der Waals surface area contributed by atoms with Crippen molar-refractivity contribution in [3.63, 3.8) is 0 Å². The first kappa shape index (κ1) is 21.8. The molecule has 0 saturated carbocycles. The Kier molecular flexibility index (Phi) is 4.82. The van der Waals surface area contributed by atoms with E-state index in [9.17, 15) is 0 Å². The summed E-state index contributed by atoms with van der Waals surface area (Å²) in [6.45, 7) is 0. The summed E-state index contributed by atoms with van der Waals surface area (Å²) in [7, 11) is 0. The molecule has 0 fully saturated rings. The standard InChI is InChI=1S/C36H23NO2/c1-3-11-25(12-4-1)37(26-13-5-2-6-14-26)27-21-19-24(20-22-27)30-23-33-34(28-15-7-9-17-31(28)38-33)35-29-16-8-10-18-32(29)39-36(30)35/h1-23H. The molecule has 2 aromatic heterocycles. The predicted octanol–water partition coefficient (Wildman–Crippen LogP) is 10.6. The SMILES string of the molecule is c1ccc(N(c2ccccc2)c2ccc(-c3cc4oc5ccccc5c4c4c3oc3ccccc34)cc2)cc1. The summed E-state index contributed by atoms with van der Waals surface area (Å²) < 4.78 is 12.9. The van der Waals surface area contributed by atoms with E-state index >= 15 is 0 Å². The highest BCUT2D eigenvalue weighted by Gasteiger charge is 2.21. The van der Waals surface area contributed by atoms with Gasteiger partial charge < -0.3 is 13.7 Å². The molecule has 0 aliphatic heterocycles. The summed E-state index contributed by atoms with van der Waals surface area (Å²) in [6.07, 6.45) is 0. The molecule has 8 rings (SSSR count). The van der Waals surface area contributed by atoms with Crippen molar-refractivity contribution in [2.24, 2.45) is 0 Å². The minimum absolute atomic E-state index is 0.865. The molecule has 0 spiro atoms. The number of furan rings is 2. The third kappa shape index (κ3) is 3.44. The molecule has 0 saturated heterocycles. The molecule has 8 aromatic rings. The molecule has 0 aliphatic rings. The van der Waals surface area contributed by atoms with Crippen molar-refractivity contribution in [2.45, 2.75) is 0 Å². The normalized spacial score (nSPS) is 11.6. The predicted molar refractivity (Wildman–Crippen MR) is 161 cm³/mol. The van der Waals surface area contributed by atoms with Crippen LogP contribution in [0.5, 0.6) is 0 Å². The molecule has 0 unspecified atom stereocenters. The molecule has 0 radical (unpaired) electrons. The van der Waals surface area contributed by atoms with Crippen LogP contribution < -0.4 is 4.90 Å². The first-order valence-electron chi connectivity index (χ1n) is 13.1. The van der Waals surface area contributed by atoms with Gasteiger partial charge in [0, 0.05) is 44.2 Å². The number of hydrogen-bond acceptors (Lipinski definition) is 3. The molecule has 184 valence electrons. The summed E-state index contributed by atoms with van der Waals surface area (Å²) in [4.78, 5) is 2.27. The third-order valence-electron chi connectivity index (χ3n) is 7.45. The first-order chi connectivity index (χ1) is 19.3. The van der Waals surface area contributed by atoms with Crippen molar-refractivity contribution in [3.05, 3.63) is 140 Å². The Morgan fingerprint density at radius 3 is 1.56 bits per heavy atom. The quantitative estimate of drug-likeness (QED) is 0.240. The van der Waals surface area contributed by atoms with Crippen molar-refractivity contribution in [3.8, 4) is 11.1 Å². The maximum atomic E-state index is 6.53. The van der Waals surface area contributed by atoms with Gasteiger partial charge in [0.2, 0.25) is 0 Å². The molecular formula is C36H23NO2. The van der Waals surface area contributed by atoms with Gasteiger partial charge in [-0.3, -0.25) is 0 Å². The highest BCUT2D eigenvalue weighted by molar-refractivity contribution is 6.28. The van der Waals surface area contributed by atoms with E-state index in [1.54, 1.807) is 0 Å². The second-order valence-corrected chi connectivity index (χ2v) is 9.75. The van der Waals surface area contributed by atoms with Gasteiger partial charge in [-0.15, -0.1) is 0 Å². The van der Waals surface area contributed by atoms with Crippen molar-refractivity contribution < 1.29 is 8.83 Å². The Labute approximate surface area is 225 Å². The van der Waals surface area contributed by atoms with E-state index in [0.29, 0.717) is 0 Å². The smallest absolute Gasteiger partial charge is 0.144 e. The van der Waals surface area contributed by atoms with E-state index in [1.807, 2.05) is 36.4 Å². The number of fused-ring (bicyclic) bond motifs is 7. The number of rotatable bonds is 4. The van der Waals surface area contributed by atoms with E-state index in [0.717, 1.165) is 72.1 Å². The molecule has 2 heterocycles. The number of anilines is 3. The fraction of sp³-hybridized carbons (Fsp3) is 0. The second kappa shape index (κ2) is 8.64. The molecule has 3 nitrogen and oxygen atoms in total. The number of benzene rings is 6. The molecule has 6 aromatic carbocycles. The van der Waals surface area contributed by atoms with Crippen LogP contribution in [0.2, 0.25) is 0 Å². The maximum absolute atomic E-state index is 6.53. The lowest BCUT2D eigenvalue weighted by Gasteiger charge is -2.25. The van der Waals surface area contributed by atoms with Gasteiger partial charge in [-0.2, -0.15) is 0 Å². The lowest BCUT2D eigenvalue weighted by Crippen LogP contribution is -2.09. The zero-order valence-electron chi connectivity index (χ0n) is 21.0. The van der Waals surface area contributed by atoms with Gasteiger partial charge in [-0.05, 0) is 60.2 Å². The Balaban J connectivity index is 1.34. The Bertz CT molecular complexity index is 2060. The minimum atomic E-state index is 0.865. The summed E-state index contributed by atoms with van der Waals surface area (Å²) in [5, 5.41) is 4.40. The summed E-state index contributed by atoms with van der Waals surface area (Å²) in [5.41, 5.74) is 8.91. The summed E-state index contributed by atoms with van der Waals surface area (Å²) >= 11 is 0. The van der Waals surface area contributed by atoms with Crippen LogP contribution in [0.3, 0.4) is 0 Å². The zero-order valence-corrected chi connectivity index (χ0v) is 21.0. The van der Waals surface area contributed by atoms with Gasteiger partial charge in [-0.1, -0.05) is 84.9 Å². The van der Waals surface area contributed by atoms with Crippen molar-refractivity contribution >= 4 is 60.9 Å². The summed E-state index contributed by atoms with van der Waals surface area (Å²) in [5.74, 6) is 0. The fourth-order valence-electron chi connectivity index (χ4n) is 5.71. The van der Waals surface area contributed by atoms with Gasteiger partial charge in [0.25, 0.3) is 0 Å². The van der Waals surface area contributed by atoms with Crippen LogP contribution in [0.4, 0.5) is 17.1 Å². The van der Waals surface area contributed by atoms with Gasteiger partial charge in [-0.25, -0.2) is 0 Å². The largest absolute Gasteiger partial charge is 0.456 e. The van der Waals surface area contributed by atoms with Crippen LogP contribution >= 0.6 is 0 Å². The Morgan fingerprint density at radius 2 is 0.923 bits per heavy atom. The minimum Gasteiger partial charge on any atom is -0.456 e. The average Bonchev–Trinajstić information content (AvgIpc) is 3.57. The van der Waals surface area contributed by atoms with Crippen LogP contribution in [0.25, 0.3) is 55.0 Å². The number of hydrogen-bond donors (Lipinski definition) is 0. The Hall–Kier alpha value is -5.28. The molecular weight excluding hydrogens is 478 g/mol. The van der Waals surface area contributed by atoms with Crippen molar-refractivity contribution in [1.82, 2.24) is 0 Å². The van der Waals surface area contributed by atoms with E-state index in [1.165, 1.54) is 0 Å². The molecule has 0 bridgehead atoms. The van der Waals surface area contributed by atoms with Crippen LogP contribution in [0, 0.1) is 0 Å². The fourth-order valence-corrected chi connectivity index (χ4v) is 5.71. The Morgan fingerprint density at radius 1 is 0.410 bits per heavy atom. The topological polar surface area (TPSA) is 29.5 Å². The first-order valence-corrected chi connectivity index (χ1v) is 13.1. The maximum Gasteiger partial charge on any atom is 0.144 e. The molecule has 0 N–H and O–H groups in total. The molecule has 3 heteroatoms. The summed E-state index contributed by atoms with van der Waals surface area (Å²) in [6, 6.07) is 48.2. The lowest BCUT2D eigenvalue weighted by atomic mass is 9.98. The molecule has 0 aliphatic carbocycles. The molecule has 39 heavy (non-hydrogen) atoms. The van der Waals surface area contributed by atoms with Crippen LogP contribution in [-0.2, 0) is 0 Å². The van der Waals surface area contributed by atoms with Gasteiger partial charge in [0.1, 0.15) is 22.3 Å². The van der Waals surface area contributed by atoms with Crippen LogP contribution in [0.15, 0.2) is 148 Å². The van der Waals surface area contributed by atoms with Gasteiger partial charge in [0.05, 0.1) is 0 Å². The van der Waals surface area contributed by atoms with E-state index < -0.39 is 0 Å². The number of nitrogens with zero attached hydrogens (tertiary/aromatic N) is 1. The van der Waals surface area contributed by atoms with E-state index in [2.05, 4.69) is 108 Å². The highest BCUT2D eigenvalue weighted by Crippen LogP contribution is 2.45. The lowest BCUT2D eigenvalue weighted by molar-refractivity contribution is 0.664. The molecule has 0 amide bonds. The van der Waals surface area contributed by atoms with E-state index in [-0.39, 0.29) is 0 Å². The highest BCUT2D eigenvalue weighted by atomic mass is 16.3. The van der Waals surface area contributed by atoms with Gasteiger partial charge >= 0.3 is 0 Å². The zero-order chi connectivity index (χ0) is 25.8. The second-order valence-electron chi connectivity index (χ2n) is 9.75. The third-order valence-corrected chi connectivity index (χ3v) is 7.45. The van der Waals surface area contributed by atoms with E-state index in [4.69, 9.17) is 8.83 Å². The number of para-hydroxylation sites is 4.